The lowest BCUT2D eigenvalue weighted by Gasteiger charge is -2.23. The highest BCUT2D eigenvalue weighted by molar-refractivity contribution is 5.81. The Labute approximate surface area is 199 Å². The van der Waals surface area contributed by atoms with E-state index in [1.54, 1.807) is 6.07 Å². The summed E-state index contributed by atoms with van der Waals surface area (Å²) < 4.78 is 25.4. The van der Waals surface area contributed by atoms with Crippen LogP contribution in [-0.4, -0.2) is 18.1 Å². The summed E-state index contributed by atoms with van der Waals surface area (Å²) in [5.74, 6) is 0.0847. The lowest BCUT2D eigenvalue weighted by atomic mass is 9.81. The summed E-state index contributed by atoms with van der Waals surface area (Å²) in [5, 5.41) is 2.11. The van der Waals surface area contributed by atoms with Gasteiger partial charge in [0.05, 0.1) is 18.7 Å². The van der Waals surface area contributed by atoms with Gasteiger partial charge in [0.1, 0.15) is 18.2 Å². The molecular formula is C29H30FNO3. The first-order valence-electron chi connectivity index (χ1n) is 12.1. The number of benzene rings is 2. The van der Waals surface area contributed by atoms with Crippen molar-refractivity contribution in [2.75, 3.05) is 7.11 Å². The first-order chi connectivity index (χ1) is 16.6. The number of fused-ring (bicyclic) bond motifs is 1. The number of halogens is 1. The number of hydrogen-bond donors (Lipinski definition) is 1. The number of nitrogens with one attached hydrogen (secondary N) is 1. The van der Waals surface area contributed by atoms with Crippen molar-refractivity contribution >= 4 is 18.1 Å². The molecule has 1 N–H and O–H groups in total. The molecule has 2 aliphatic rings. The van der Waals surface area contributed by atoms with Crippen molar-refractivity contribution in [3.63, 3.8) is 0 Å². The molecular weight excluding hydrogens is 429 g/mol. The maximum absolute atomic E-state index is 14.3. The van der Waals surface area contributed by atoms with E-state index in [2.05, 4.69) is 11.1 Å². The molecule has 4 nitrogen and oxygen atoms in total. The van der Waals surface area contributed by atoms with Crippen LogP contribution < -0.4 is 15.3 Å². The van der Waals surface area contributed by atoms with Crippen LogP contribution >= 0.6 is 0 Å². The number of esters is 1. The largest absolute Gasteiger partial charge is 0.488 e. The average molecular weight is 460 g/mol. The SMILES string of the molecule is COC(=O)C1C=c2[nH]c(-c3ccc(F)cc3OCc3ccccc3)c(C3CCCCC3)c2=CC1. The molecule has 2 aliphatic carbocycles. The molecule has 1 aromatic heterocycles. The Kier molecular flexibility index (Phi) is 6.52. The number of carbonyl (C=O) groups excluding carboxylic acids is 1. The van der Waals surface area contributed by atoms with Gasteiger partial charge in [0.25, 0.3) is 0 Å². The van der Waals surface area contributed by atoms with Gasteiger partial charge in [0, 0.05) is 17.0 Å². The average Bonchev–Trinajstić information content (AvgIpc) is 3.26. The minimum absolute atomic E-state index is 0.231. The van der Waals surface area contributed by atoms with Crippen molar-refractivity contribution in [3.05, 3.63) is 76.0 Å². The van der Waals surface area contributed by atoms with Crippen LogP contribution in [0.1, 0.15) is 55.6 Å². The summed E-state index contributed by atoms with van der Waals surface area (Å²) in [6.07, 6.45) is 10.7. The molecule has 176 valence electrons. The van der Waals surface area contributed by atoms with E-state index in [9.17, 15) is 9.18 Å². The minimum atomic E-state index is -0.328. The maximum atomic E-state index is 14.3. The van der Waals surface area contributed by atoms with E-state index >= 15 is 0 Å². The summed E-state index contributed by atoms with van der Waals surface area (Å²) in [4.78, 5) is 15.8. The number of ether oxygens (including phenoxy) is 2. The van der Waals surface area contributed by atoms with Gasteiger partial charge in [-0.05, 0) is 59.7 Å². The normalized spacial score (nSPS) is 17.9. The summed E-state index contributed by atoms with van der Waals surface area (Å²) in [6.45, 7) is 0.360. The van der Waals surface area contributed by atoms with Gasteiger partial charge in [-0.25, -0.2) is 4.39 Å². The zero-order valence-corrected chi connectivity index (χ0v) is 19.5. The molecule has 1 heterocycles. The van der Waals surface area contributed by atoms with E-state index in [0.29, 0.717) is 24.7 Å². The lowest BCUT2D eigenvalue weighted by Crippen LogP contribution is -2.33. The Balaban J connectivity index is 1.61. The van der Waals surface area contributed by atoms with Crippen molar-refractivity contribution < 1.29 is 18.7 Å². The van der Waals surface area contributed by atoms with Crippen LogP contribution in [0, 0.1) is 11.7 Å². The molecule has 1 unspecified atom stereocenters. The fourth-order valence-electron chi connectivity index (χ4n) is 5.32. The molecule has 0 saturated heterocycles. The Morgan fingerprint density at radius 1 is 1.09 bits per heavy atom. The molecule has 0 bridgehead atoms. The molecule has 1 saturated carbocycles. The standard InChI is InChI=1S/C29H30FNO3/c1-33-29(32)21-12-14-23-25(16-21)31-28(27(23)20-10-6-3-7-11-20)24-15-13-22(30)17-26(24)34-18-19-8-4-2-5-9-19/h2,4-5,8-9,13-17,20-21,31H,3,6-7,10-12,18H2,1H3. The highest BCUT2D eigenvalue weighted by Gasteiger charge is 2.27. The lowest BCUT2D eigenvalue weighted by molar-refractivity contribution is -0.143. The van der Waals surface area contributed by atoms with Gasteiger partial charge < -0.3 is 14.5 Å². The molecule has 5 rings (SSSR count). The topological polar surface area (TPSA) is 51.3 Å². The van der Waals surface area contributed by atoms with E-state index in [0.717, 1.165) is 35.0 Å². The molecule has 0 radical (unpaired) electrons. The molecule has 3 aromatic rings. The summed E-state index contributed by atoms with van der Waals surface area (Å²) in [7, 11) is 1.42. The maximum Gasteiger partial charge on any atom is 0.312 e. The molecule has 1 fully saturated rings. The van der Waals surface area contributed by atoms with E-state index in [-0.39, 0.29) is 17.7 Å². The van der Waals surface area contributed by atoms with Crippen LogP contribution in [0.25, 0.3) is 23.4 Å². The van der Waals surface area contributed by atoms with E-state index in [1.807, 2.05) is 36.4 Å². The minimum Gasteiger partial charge on any atom is -0.488 e. The number of H-pyrrole nitrogens is 1. The van der Waals surface area contributed by atoms with Gasteiger partial charge in [0.2, 0.25) is 0 Å². The first-order valence-corrected chi connectivity index (χ1v) is 12.1. The third kappa shape index (κ3) is 4.52. The van der Waals surface area contributed by atoms with Crippen molar-refractivity contribution in [2.45, 2.75) is 51.0 Å². The third-order valence-corrected chi connectivity index (χ3v) is 7.02. The van der Waals surface area contributed by atoms with Gasteiger partial charge in [-0.2, -0.15) is 0 Å². The smallest absolute Gasteiger partial charge is 0.312 e. The van der Waals surface area contributed by atoms with Crippen LogP contribution in [0.3, 0.4) is 0 Å². The quantitative estimate of drug-likeness (QED) is 0.516. The second-order valence-corrected chi connectivity index (χ2v) is 9.23. The van der Waals surface area contributed by atoms with Gasteiger partial charge >= 0.3 is 5.97 Å². The Bertz CT molecular complexity index is 1290. The molecule has 5 heteroatoms. The van der Waals surface area contributed by atoms with Crippen LogP contribution in [0.15, 0.2) is 48.5 Å². The second-order valence-electron chi connectivity index (χ2n) is 9.23. The summed E-state index contributed by atoms with van der Waals surface area (Å²) in [5.41, 5.74) is 4.12. The van der Waals surface area contributed by atoms with Gasteiger partial charge in [-0.3, -0.25) is 4.79 Å². The highest BCUT2D eigenvalue weighted by atomic mass is 19.1. The molecule has 2 aromatic carbocycles. The number of methoxy groups -OCH3 is 1. The summed E-state index contributed by atoms with van der Waals surface area (Å²) >= 11 is 0. The molecule has 0 spiro atoms. The van der Waals surface area contributed by atoms with E-state index < -0.39 is 0 Å². The predicted octanol–water partition coefficient (Wildman–Crippen LogP) is 5.20. The summed E-state index contributed by atoms with van der Waals surface area (Å²) in [6, 6.07) is 14.6. The number of hydrogen-bond acceptors (Lipinski definition) is 3. The Morgan fingerprint density at radius 2 is 1.88 bits per heavy atom. The second kappa shape index (κ2) is 9.88. The van der Waals surface area contributed by atoms with Crippen molar-refractivity contribution in [1.29, 1.82) is 0 Å². The Hall–Kier alpha value is -3.34. The van der Waals surface area contributed by atoms with E-state index in [4.69, 9.17) is 9.47 Å². The molecule has 0 amide bonds. The van der Waals surface area contributed by atoms with E-state index in [1.165, 1.54) is 49.3 Å². The number of carbonyl (C=O) groups is 1. The first kappa shape index (κ1) is 22.5. The van der Waals surface area contributed by atoms with Gasteiger partial charge in [-0.1, -0.05) is 55.7 Å². The molecule has 0 aliphatic heterocycles. The molecule has 1 atom stereocenters. The van der Waals surface area contributed by atoms with Crippen LogP contribution in [0.4, 0.5) is 4.39 Å². The van der Waals surface area contributed by atoms with Crippen molar-refractivity contribution in [1.82, 2.24) is 4.98 Å². The highest BCUT2D eigenvalue weighted by Crippen LogP contribution is 2.39. The van der Waals surface area contributed by atoms with Gasteiger partial charge in [-0.15, -0.1) is 0 Å². The van der Waals surface area contributed by atoms with Crippen molar-refractivity contribution in [3.8, 4) is 17.0 Å². The third-order valence-electron chi connectivity index (χ3n) is 7.02. The van der Waals surface area contributed by atoms with Crippen LogP contribution in [0.2, 0.25) is 0 Å². The number of rotatable bonds is 6. The zero-order valence-electron chi connectivity index (χ0n) is 19.5. The zero-order chi connectivity index (χ0) is 23.5. The number of aromatic nitrogens is 1. The van der Waals surface area contributed by atoms with Crippen LogP contribution in [0.5, 0.6) is 5.75 Å². The molecule has 34 heavy (non-hydrogen) atoms. The van der Waals surface area contributed by atoms with Crippen LogP contribution in [-0.2, 0) is 16.1 Å². The monoisotopic (exact) mass is 459 g/mol. The predicted molar refractivity (Wildman–Crippen MR) is 131 cm³/mol. The number of aromatic amines is 1. The van der Waals surface area contributed by atoms with Gasteiger partial charge in [0.15, 0.2) is 0 Å². The van der Waals surface area contributed by atoms with Crippen molar-refractivity contribution in [2.24, 2.45) is 5.92 Å². The fourth-order valence-corrected chi connectivity index (χ4v) is 5.32. The Morgan fingerprint density at radius 3 is 2.65 bits per heavy atom. The fraction of sp³-hybridized carbons (Fsp3) is 0.345.